The first-order chi connectivity index (χ1) is 12.8. The Morgan fingerprint density at radius 2 is 1.15 bits per heavy atom. The van der Waals surface area contributed by atoms with Crippen molar-refractivity contribution < 1.29 is 0 Å². The van der Waals surface area contributed by atoms with Crippen molar-refractivity contribution in [3.63, 3.8) is 0 Å². The van der Waals surface area contributed by atoms with Crippen molar-refractivity contribution in [2.75, 3.05) is 0 Å². The molecule has 0 radical (unpaired) electrons. The minimum atomic E-state index is 0.491. The fraction of sp³-hybridized carbons (Fsp3) is 0. The Morgan fingerprint density at radius 1 is 0.577 bits per heavy atom. The molecule has 0 unspecified atom stereocenters. The molecule has 26 heavy (non-hydrogen) atoms. The van der Waals surface area contributed by atoms with E-state index in [0.717, 1.165) is 16.7 Å². The van der Waals surface area contributed by atoms with Crippen molar-refractivity contribution >= 4 is 24.3 Å². The third kappa shape index (κ3) is 3.96. The molecule has 3 rings (SSSR count). The van der Waals surface area contributed by atoms with Crippen LogP contribution in [0.1, 0.15) is 33.4 Å². The lowest BCUT2D eigenvalue weighted by atomic mass is 9.95. The topological polar surface area (TPSA) is 47.6 Å². The lowest BCUT2D eigenvalue weighted by Gasteiger charge is -2.06. The van der Waals surface area contributed by atoms with Crippen LogP contribution in [-0.4, -0.2) is 0 Å². The van der Waals surface area contributed by atoms with Gasteiger partial charge in [0.15, 0.2) is 0 Å². The average Bonchev–Trinajstić information content (AvgIpc) is 2.71. The van der Waals surface area contributed by atoms with Crippen molar-refractivity contribution in [1.82, 2.24) is 0 Å². The molecule has 0 aromatic heterocycles. The molecule has 2 heteroatoms. The summed E-state index contributed by atoms with van der Waals surface area (Å²) >= 11 is 0. The van der Waals surface area contributed by atoms with Crippen LogP contribution in [0.15, 0.2) is 72.8 Å². The second kappa shape index (κ2) is 8.29. The number of hydrogen-bond donors (Lipinski definition) is 0. The summed E-state index contributed by atoms with van der Waals surface area (Å²) in [6.45, 7) is 0. The molecular weight excluding hydrogens is 316 g/mol. The maximum atomic E-state index is 9.69. The van der Waals surface area contributed by atoms with Gasteiger partial charge in [-0.15, -0.1) is 0 Å². The molecule has 0 spiro atoms. The summed E-state index contributed by atoms with van der Waals surface area (Å²) in [5.41, 5.74) is 4.51. The van der Waals surface area contributed by atoms with Gasteiger partial charge in [-0.25, -0.2) is 0 Å². The maximum Gasteiger partial charge on any atom is 0.100 e. The maximum absolute atomic E-state index is 9.69. The van der Waals surface area contributed by atoms with Gasteiger partial charge in [0.1, 0.15) is 6.07 Å². The zero-order valence-electron chi connectivity index (χ0n) is 14.1. The molecule has 0 N–H and O–H groups in total. The van der Waals surface area contributed by atoms with Crippen LogP contribution in [0.2, 0.25) is 0 Å². The largest absolute Gasteiger partial charge is 0.192 e. The summed E-state index contributed by atoms with van der Waals surface area (Å²) in [6, 6.07) is 27.7. The Labute approximate surface area is 153 Å². The third-order valence-electron chi connectivity index (χ3n) is 4.01. The van der Waals surface area contributed by atoms with E-state index in [1.54, 1.807) is 6.07 Å². The van der Waals surface area contributed by atoms with Crippen LogP contribution in [-0.2, 0) is 0 Å². The molecule has 0 aliphatic heterocycles. The standard InChI is InChI=1S/C24H16N2/c25-17-22-15-14-21(13-11-19-7-3-1-4-8-19)24(18-26)23(22)16-12-20-9-5-2-6-10-20/h1-16H/b13-11+,16-12+. The first kappa shape index (κ1) is 17.0. The van der Waals surface area contributed by atoms with E-state index in [4.69, 9.17) is 0 Å². The summed E-state index contributed by atoms with van der Waals surface area (Å²) in [6.07, 6.45) is 7.63. The minimum absolute atomic E-state index is 0.491. The number of nitriles is 2. The summed E-state index contributed by atoms with van der Waals surface area (Å²) in [5.74, 6) is 0. The Kier molecular flexibility index (Phi) is 5.41. The van der Waals surface area contributed by atoms with Crippen molar-refractivity contribution in [3.05, 3.63) is 106 Å². The van der Waals surface area contributed by atoms with E-state index in [1.165, 1.54) is 0 Å². The van der Waals surface area contributed by atoms with Gasteiger partial charge in [-0.2, -0.15) is 10.5 Å². The van der Waals surface area contributed by atoms with E-state index < -0.39 is 0 Å². The normalized spacial score (nSPS) is 10.7. The highest BCUT2D eigenvalue weighted by Gasteiger charge is 2.09. The minimum Gasteiger partial charge on any atom is -0.192 e. The highest BCUT2D eigenvalue weighted by Crippen LogP contribution is 2.23. The van der Waals surface area contributed by atoms with Gasteiger partial charge in [0.2, 0.25) is 0 Å². The van der Waals surface area contributed by atoms with Crippen LogP contribution in [0, 0.1) is 22.7 Å². The summed E-state index contributed by atoms with van der Waals surface area (Å²) < 4.78 is 0. The summed E-state index contributed by atoms with van der Waals surface area (Å²) in [4.78, 5) is 0. The molecule has 0 fully saturated rings. The SMILES string of the molecule is N#Cc1ccc(/C=C/c2ccccc2)c(C#N)c1/C=C/c1ccccc1. The quantitative estimate of drug-likeness (QED) is 0.569. The fourth-order valence-electron chi connectivity index (χ4n) is 2.66. The second-order valence-electron chi connectivity index (χ2n) is 5.70. The molecule has 0 saturated carbocycles. The van der Waals surface area contributed by atoms with Crippen molar-refractivity contribution in [2.24, 2.45) is 0 Å². The lowest BCUT2D eigenvalue weighted by molar-refractivity contribution is 1.42. The zero-order chi connectivity index (χ0) is 18.2. The average molecular weight is 332 g/mol. The molecule has 0 bridgehead atoms. The van der Waals surface area contributed by atoms with Crippen LogP contribution >= 0.6 is 0 Å². The molecule has 0 aliphatic rings. The molecule has 0 amide bonds. The van der Waals surface area contributed by atoms with Crippen LogP contribution in [0.25, 0.3) is 24.3 Å². The van der Waals surface area contributed by atoms with Gasteiger partial charge in [-0.1, -0.05) is 91.0 Å². The smallest absolute Gasteiger partial charge is 0.100 e. The van der Waals surface area contributed by atoms with E-state index in [0.29, 0.717) is 16.7 Å². The molecule has 3 aromatic carbocycles. The van der Waals surface area contributed by atoms with Crippen molar-refractivity contribution in [2.45, 2.75) is 0 Å². The van der Waals surface area contributed by atoms with Gasteiger partial charge in [0.25, 0.3) is 0 Å². The number of rotatable bonds is 4. The highest BCUT2D eigenvalue weighted by molar-refractivity contribution is 5.81. The highest BCUT2D eigenvalue weighted by atomic mass is 14.3. The van der Waals surface area contributed by atoms with E-state index >= 15 is 0 Å². The molecular formula is C24H16N2. The Bertz CT molecular complexity index is 1030. The molecule has 0 aliphatic carbocycles. The Hall–Kier alpha value is -3.88. The molecule has 0 saturated heterocycles. The van der Waals surface area contributed by atoms with E-state index in [1.807, 2.05) is 91.0 Å². The number of hydrogen-bond acceptors (Lipinski definition) is 2. The fourth-order valence-corrected chi connectivity index (χ4v) is 2.66. The lowest BCUT2D eigenvalue weighted by Crippen LogP contribution is -1.92. The number of nitrogens with zero attached hydrogens (tertiary/aromatic N) is 2. The zero-order valence-corrected chi connectivity index (χ0v) is 14.1. The molecule has 0 atom stereocenters. The Balaban J connectivity index is 2.03. The first-order valence-corrected chi connectivity index (χ1v) is 8.25. The van der Waals surface area contributed by atoms with Crippen LogP contribution < -0.4 is 0 Å². The molecule has 0 heterocycles. The van der Waals surface area contributed by atoms with E-state index in [-0.39, 0.29) is 0 Å². The van der Waals surface area contributed by atoms with Gasteiger partial charge in [0.05, 0.1) is 17.2 Å². The molecule has 3 aromatic rings. The van der Waals surface area contributed by atoms with Crippen LogP contribution in [0.4, 0.5) is 0 Å². The van der Waals surface area contributed by atoms with Gasteiger partial charge >= 0.3 is 0 Å². The van der Waals surface area contributed by atoms with Gasteiger partial charge < -0.3 is 0 Å². The monoisotopic (exact) mass is 332 g/mol. The molecule has 2 nitrogen and oxygen atoms in total. The van der Waals surface area contributed by atoms with Crippen molar-refractivity contribution in [1.29, 1.82) is 10.5 Å². The second-order valence-corrected chi connectivity index (χ2v) is 5.70. The first-order valence-electron chi connectivity index (χ1n) is 8.25. The van der Waals surface area contributed by atoms with Crippen molar-refractivity contribution in [3.8, 4) is 12.1 Å². The number of benzene rings is 3. The predicted molar refractivity (Wildman–Crippen MR) is 107 cm³/mol. The Morgan fingerprint density at radius 3 is 1.69 bits per heavy atom. The third-order valence-corrected chi connectivity index (χ3v) is 4.01. The van der Waals surface area contributed by atoms with Gasteiger partial charge in [-0.3, -0.25) is 0 Å². The van der Waals surface area contributed by atoms with Crippen LogP contribution in [0.5, 0.6) is 0 Å². The van der Waals surface area contributed by atoms with Gasteiger partial charge in [0, 0.05) is 5.56 Å². The summed E-state index contributed by atoms with van der Waals surface area (Å²) in [5, 5.41) is 19.1. The van der Waals surface area contributed by atoms with Crippen LogP contribution in [0.3, 0.4) is 0 Å². The van der Waals surface area contributed by atoms with Gasteiger partial charge in [-0.05, 0) is 22.8 Å². The molecule has 122 valence electrons. The summed E-state index contributed by atoms with van der Waals surface area (Å²) in [7, 11) is 0. The van der Waals surface area contributed by atoms with E-state index in [2.05, 4.69) is 12.1 Å². The van der Waals surface area contributed by atoms with E-state index in [9.17, 15) is 10.5 Å². The predicted octanol–water partition coefficient (Wildman–Crippen LogP) is 5.77.